The molecular formula is C22H16FNO3. The number of aromatic carboxylic acids is 1. The van der Waals surface area contributed by atoms with E-state index in [1.54, 1.807) is 66.7 Å². The van der Waals surface area contributed by atoms with Crippen LogP contribution in [0.25, 0.3) is 12.2 Å². The summed E-state index contributed by atoms with van der Waals surface area (Å²) in [5.74, 6) is -1.84. The molecule has 0 saturated heterocycles. The minimum absolute atomic E-state index is 0.00165. The van der Waals surface area contributed by atoms with Crippen LogP contribution in [0.4, 0.5) is 10.1 Å². The van der Waals surface area contributed by atoms with Gasteiger partial charge in [-0.3, -0.25) is 4.79 Å². The topological polar surface area (TPSA) is 66.4 Å². The average molecular weight is 361 g/mol. The number of halogens is 1. The number of anilines is 1. The lowest BCUT2D eigenvalue weighted by Crippen LogP contribution is -2.14. The minimum Gasteiger partial charge on any atom is -0.478 e. The highest BCUT2D eigenvalue weighted by molar-refractivity contribution is 6.08. The Morgan fingerprint density at radius 3 is 2.15 bits per heavy atom. The summed E-state index contributed by atoms with van der Waals surface area (Å²) in [6.07, 6.45) is 3.54. The Bertz CT molecular complexity index is 996. The third-order valence-corrected chi connectivity index (χ3v) is 3.90. The second-order valence-electron chi connectivity index (χ2n) is 5.82. The van der Waals surface area contributed by atoms with Gasteiger partial charge in [-0.05, 0) is 47.5 Å². The molecule has 5 heteroatoms. The van der Waals surface area contributed by atoms with Crippen LogP contribution in [0.5, 0.6) is 0 Å². The molecule has 0 aliphatic heterocycles. The molecule has 4 nitrogen and oxygen atoms in total. The first-order chi connectivity index (χ1) is 13.0. The third kappa shape index (κ3) is 4.67. The molecule has 0 saturated carbocycles. The van der Waals surface area contributed by atoms with Gasteiger partial charge in [0.15, 0.2) is 0 Å². The Labute approximate surface area is 155 Å². The zero-order valence-electron chi connectivity index (χ0n) is 14.2. The first-order valence-electron chi connectivity index (χ1n) is 8.20. The summed E-state index contributed by atoms with van der Waals surface area (Å²) in [6, 6.07) is 19.2. The Morgan fingerprint density at radius 2 is 1.48 bits per heavy atom. The van der Waals surface area contributed by atoms with Crippen LogP contribution in [0, 0.1) is 5.82 Å². The number of rotatable bonds is 5. The molecule has 27 heavy (non-hydrogen) atoms. The quantitative estimate of drug-likeness (QED) is 0.632. The van der Waals surface area contributed by atoms with Crippen molar-refractivity contribution in [2.75, 3.05) is 5.32 Å². The van der Waals surface area contributed by atoms with E-state index in [2.05, 4.69) is 5.32 Å². The second-order valence-corrected chi connectivity index (χ2v) is 5.82. The van der Waals surface area contributed by atoms with E-state index in [4.69, 9.17) is 0 Å². The van der Waals surface area contributed by atoms with Crippen LogP contribution in [0.2, 0.25) is 0 Å². The third-order valence-electron chi connectivity index (χ3n) is 3.90. The Balaban J connectivity index is 1.87. The smallest absolute Gasteiger partial charge is 0.337 e. The molecule has 0 aliphatic carbocycles. The normalized spacial score (nSPS) is 10.7. The number of carbonyl (C=O) groups is 2. The van der Waals surface area contributed by atoms with Crippen LogP contribution >= 0.6 is 0 Å². The Hall–Kier alpha value is -3.73. The van der Waals surface area contributed by atoms with Gasteiger partial charge in [0.05, 0.1) is 11.3 Å². The summed E-state index contributed by atoms with van der Waals surface area (Å²) in [5, 5.41) is 12.0. The molecule has 1 amide bonds. The zero-order chi connectivity index (χ0) is 19.2. The van der Waals surface area contributed by atoms with Crippen molar-refractivity contribution in [2.45, 2.75) is 0 Å². The summed E-state index contributed by atoms with van der Waals surface area (Å²) in [7, 11) is 0. The second kappa shape index (κ2) is 8.10. The van der Waals surface area contributed by atoms with Crippen LogP contribution in [0.15, 0.2) is 72.8 Å². The largest absolute Gasteiger partial charge is 0.478 e. The number of hydrogen-bond acceptors (Lipinski definition) is 2. The molecule has 0 unspecified atom stereocenters. The van der Waals surface area contributed by atoms with Crippen molar-refractivity contribution in [3.8, 4) is 0 Å². The summed E-state index contributed by atoms with van der Waals surface area (Å²) >= 11 is 0. The minimum atomic E-state index is -1.13. The van der Waals surface area contributed by atoms with Gasteiger partial charge in [-0.2, -0.15) is 0 Å². The highest BCUT2D eigenvalue weighted by atomic mass is 19.1. The van der Waals surface area contributed by atoms with Crippen molar-refractivity contribution in [3.63, 3.8) is 0 Å². The maximum absolute atomic E-state index is 13.0. The number of carboxylic acids is 1. The average Bonchev–Trinajstić information content (AvgIpc) is 2.68. The summed E-state index contributed by atoms with van der Waals surface area (Å²) in [5.41, 5.74) is 2.14. The van der Waals surface area contributed by atoms with Crippen molar-refractivity contribution < 1.29 is 19.1 Å². The molecule has 0 bridgehead atoms. The molecule has 0 radical (unpaired) electrons. The van der Waals surface area contributed by atoms with Crippen LogP contribution in [0.1, 0.15) is 31.8 Å². The highest BCUT2D eigenvalue weighted by Crippen LogP contribution is 2.21. The van der Waals surface area contributed by atoms with E-state index in [0.717, 1.165) is 5.56 Å². The van der Waals surface area contributed by atoms with Gasteiger partial charge in [0.2, 0.25) is 0 Å². The van der Waals surface area contributed by atoms with E-state index in [0.29, 0.717) is 11.1 Å². The zero-order valence-corrected chi connectivity index (χ0v) is 14.2. The standard InChI is InChI=1S/C22H16FNO3/c23-18-11-8-15(9-12-18)6-7-16-10-13-19(22(26)27)20(14-16)24-21(25)17-4-2-1-3-5-17/h1-14H,(H,24,25)(H,26,27)/b7-6+. The Kier molecular flexibility index (Phi) is 5.42. The fourth-order valence-electron chi connectivity index (χ4n) is 2.51. The monoisotopic (exact) mass is 361 g/mol. The number of carboxylic acid groups (broad SMARTS) is 1. The first kappa shape index (κ1) is 18.1. The number of hydrogen-bond donors (Lipinski definition) is 2. The van der Waals surface area contributed by atoms with Gasteiger partial charge in [0.1, 0.15) is 5.82 Å². The van der Waals surface area contributed by atoms with Gasteiger partial charge in [0.25, 0.3) is 5.91 Å². The lowest BCUT2D eigenvalue weighted by atomic mass is 10.1. The fourth-order valence-corrected chi connectivity index (χ4v) is 2.51. The first-order valence-corrected chi connectivity index (χ1v) is 8.20. The molecule has 0 aromatic heterocycles. The number of amides is 1. The van der Waals surface area contributed by atoms with E-state index in [1.165, 1.54) is 18.2 Å². The SMILES string of the molecule is O=C(Nc1cc(/C=C/c2ccc(F)cc2)ccc1C(=O)O)c1ccccc1. The van der Waals surface area contributed by atoms with E-state index >= 15 is 0 Å². The molecule has 134 valence electrons. The van der Waals surface area contributed by atoms with Crippen molar-refractivity contribution in [1.82, 2.24) is 0 Å². The van der Waals surface area contributed by atoms with Crippen LogP contribution in [-0.4, -0.2) is 17.0 Å². The number of benzene rings is 3. The van der Waals surface area contributed by atoms with Gasteiger partial charge < -0.3 is 10.4 Å². The predicted molar refractivity (Wildman–Crippen MR) is 103 cm³/mol. The number of carbonyl (C=O) groups excluding carboxylic acids is 1. The summed E-state index contributed by atoms with van der Waals surface area (Å²) in [6.45, 7) is 0. The molecule has 3 aromatic rings. The molecule has 0 atom stereocenters. The van der Waals surface area contributed by atoms with Crippen molar-refractivity contribution in [1.29, 1.82) is 0 Å². The van der Waals surface area contributed by atoms with E-state index in [1.807, 2.05) is 0 Å². The molecule has 2 N–H and O–H groups in total. The summed E-state index contributed by atoms with van der Waals surface area (Å²) in [4.78, 5) is 23.8. The predicted octanol–water partition coefficient (Wildman–Crippen LogP) is 4.95. The van der Waals surface area contributed by atoms with Crippen molar-refractivity contribution in [3.05, 3.63) is 101 Å². The molecule has 3 rings (SSSR count). The maximum atomic E-state index is 13.0. The van der Waals surface area contributed by atoms with E-state index in [9.17, 15) is 19.1 Å². The lowest BCUT2D eigenvalue weighted by Gasteiger charge is -2.10. The summed E-state index contributed by atoms with van der Waals surface area (Å²) < 4.78 is 13.0. The molecular weight excluding hydrogens is 345 g/mol. The molecule has 0 heterocycles. The molecule has 0 fully saturated rings. The molecule has 0 aliphatic rings. The molecule has 3 aromatic carbocycles. The van der Waals surface area contributed by atoms with Crippen molar-refractivity contribution >= 4 is 29.7 Å². The van der Waals surface area contributed by atoms with Crippen molar-refractivity contribution in [2.24, 2.45) is 0 Å². The van der Waals surface area contributed by atoms with E-state index in [-0.39, 0.29) is 17.1 Å². The van der Waals surface area contributed by atoms with Crippen LogP contribution in [-0.2, 0) is 0 Å². The fraction of sp³-hybridized carbons (Fsp3) is 0. The lowest BCUT2D eigenvalue weighted by molar-refractivity contribution is 0.0698. The van der Waals surface area contributed by atoms with Gasteiger partial charge in [-0.15, -0.1) is 0 Å². The maximum Gasteiger partial charge on any atom is 0.337 e. The van der Waals surface area contributed by atoms with E-state index < -0.39 is 11.9 Å². The number of nitrogens with one attached hydrogen (secondary N) is 1. The van der Waals surface area contributed by atoms with Gasteiger partial charge in [-0.25, -0.2) is 9.18 Å². The van der Waals surface area contributed by atoms with Gasteiger partial charge >= 0.3 is 5.97 Å². The van der Waals surface area contributed by atoms with Gasteiger partial charge in [-0.1, -0.05) is 48.6 Å². The van der Waals surface area contributed by atoms with Crippen LogP contribution < -0.4 is 5.32 Å². The Morgan fingerprint density at radius 1 is 0.852 bits per heavy atom. The molecule has 0 spiro atoms. The van der Waals surface area contributed by atoms with Crippen LogP contribution in [0.3, 0.4) is 0 Å². The van der Waals surface area contributed by atoms with Gasteiger partial charge in [0, 0.05) is 5.56 Å². The highest BCUT2D eigenvalue weighted by Gasteiger charge is 2.13.